The van der Waals surface area contributed by atoms with E-state index in [1.807, 2.05) is 37.3 Å². The molecule has 0 aliphatic heterocycles. The predicted molar refractivity (Wildman–Crippen MR) is 59.3 cm³/mol. The molecular formula is C13H14O2. The van der Waals surface area contributed by atoms with Gasteiger partial charge >= 0.3 is 5.97 Å². The zero-order valence-electron chi connectivity index (χ0n) is 8.68. The fourth-order valence-electron chi connectivity index (χ4n) is 1.89. The molecule has 1 saturated carbocycles. The first-order valence-corrected chi connectivity index (χ1v) is 5.14. The summed E-state index contributed by atoms with van der Waals surface area (Å²) in [5, 5.41) is 8.81. The second-order valence-electron chi connectivity index (χ2n) is 4.09. The summed E-state index contributed by atoms with van der Waals surface area (Å²) in [6.07, 6.45) is 2.87. The monoisotopic (exact) mass is 202 g/mol. The van der Waals surface area contributed by atoms with E-state index >= 15 is 0 Å². The van der Waals surface area contributed by atoms with Gasteiger partial charge in [-0.15, -0.1) is 0 Å². The van der Waals surface area contributed by atoms with Crippen LogP contribution in [0.5, 0.6) is 0 Å². The zero-order chi connectivity index (χ0) is 10.8. The number of rotatable bonds is 3. The summed E-state index contributed by atoms with van der Waals surface area (Å²) in [4.78, 5) is 10.7. The smallest absolute Gasteiger partial charge is 0.307 e. The van der Waals surface area contributed by atoms with Crippen molar-refractivity contribution in [3.63, 3.8) is 0 Å². The van der Waals surface area contributed by atoms with Crippen LogP contribution in [0.4, 0.5) is 0 Å². The molecule has 1 fully saturated rings. The molecule has 0 aromatic heterocycles. The third-order valence-electron chi connectivity index (χ3n) is 2.89. The van der Waals surface area contributed by atoms with Gasteiger partial charge in [0.05, 0.1) is 5.92 Å². The van der Waals surface area contributed by atoms with Crippen LogP contribution in [0.3, 0.4) is 0 Å². The third kappa shape index (κ3) is 2.27. The molecule has 2 nitrogen and oxygen atoms in total. The van der Waals surface area contributed by atoms with Crippen LogP contribution in [0.1, 0.15) is 18.9 Å². The number of aliphatic carboxylic acids is 1. The van der Waals surface area contributed by atoms with Crippen LogP contribution in [-0.4, -0.2) is 11.1 Å². The van der Waals surface area contributed by atoms with Gasteiger partial charge in [-0.3, -0.25) is 4.79 Å². The lowest BCUT2D eigenvalue weighted by molar-refractivity contribution is -0.138. The molecule has 2 heteroatoms. The second kappa shape index (κ2) is 3.89. The van der Waals surface area contributed by atoms with Crippen LogP contribution in [0.15, 0.2) is 35.9 Å². The topological polar surface area (TPSA) is 37.3 Å². The summed E-state index contributed by atoms with van der Waals surface area (Å²) in [6.45, 7) is 2.01. The van der Waals surface area contributed by atoms with Crippen molar-refractivity contribution in [3.8, 4) is 0 Å². The molecule has 1 N–H and O–H groups in total. The summed E-state index contributed by atoms with van der Waals surface area (Å²) < 4.78 is 0. The minimum Gasteiger partial charge on any atom is -0.481 e. The molecule has 78 valence electrons. The Hall–Kier alpha value is -1.57. The van der Waals surface area contributed by atoms with Crippen molar-refractivity contribution in [2.24, 2.45) is 11.8 Å². The molecule has 0 amide bonds. The molecule has 1 aromatic rings. The van der Waals surface area contributed by atoms with Crippen molar-refractivity contribution in [2.45, 2.75) is 13.3 Å². The quantitative estimate of drug-likeness (QED) is 0.818. The normalized spacial score (nSPS) is 25.0. The van der Waals surface area contributed by atoms with Gasteiger partial charge < -0.3 is 5.11 Å². The first-order chi connectivity index (χ1) is 7.18. The van der Waals surface area contributed by atoms with Gasteiger partial charge in [0.25, 0.3) is 0 Å². The molecule has 0 bridgehead atoms. The molecule has 0 heterocycles. The maximum atomic E-state index is 10.7. The molecule has 15 heavy (non-hydrogen) atoms. The van der Waals surface area contributed by atoms with Gasteiger partial charge in [0.15, 0.2) is 0 Å². The standard InChI is InChI=1S/C13H14O2/c1-9(11-8-12(11)13(14)15)7-10-5-3-2-4-6-10/h2-7,11-12H,8H2,1H3,(H,14,15)/b9-7+. The predicted octanol–water partition coefficient (Wildman–Crippen LogP) is 2.81. The average molecular weight is 202 g/mol. The highest BCUT2D eigenvalue weighted by molar-refractivity contribution is 5.75. The maximum Gasteiger partial charge on any atom is 0.307 e. The van der Waals surface area contributed by atoms with Gasteiger partial charge in [0.1, 0.15) is 0 Å². The van der Waals surface area contributed by atoms with Crippen molar-refractivity contribution >= 4 is 12.0 Å². The molecular weight excluding hydrogens is 188 g/mol. The van der Waals surface area contributed by atoms with Crippen molar-refractivity contribution in [1.29, 1.82) is 0 Å². The van der Waals surface area contributed by atoms with Crippen LogP contribution < -0.4 is 0 Å². The van der Waals surface area contributed by atoms with Crippen LogP contribution in [0.25, 0.3) is 6.08 Å². The third-order valence-corrected chi connectivity index (χ3v) is 2.89. The number of hydrogen-bond acceptors (Lipinski definition) is 1. The first kappa shape index (κ1) is 9.97. The van der Waals surface area contributed by atoms with Crippen molar-refractivity contribution in [3.05, 3.63) is 41.5 Å². The number of carbonyl (C=O) groups is 1. The van der Waals surface area contributed by atoms with Crippen LogP contribution in [0.2, 0.25) is 0 Å². The number of carboxylic acid groups (broad SMARTS) is 1. The van der Waals surface area contributed by atoms with Crippen molar-refractivity contribution in [2.75, 3.05) is 0 Å². The lowest BCUT2D eigenvalue weighted by Gasteiger charge is -1.98. The van der Waals surface area contributed by atoms with Crippen LogP contribution >= 0.6 is 0 Å². The Morgan fingerprint density at radius 3 is 2.53 bits per heavy atom. The highest BCUT2D eigenvalue weighted by Gasteiger charge is 2.43. The summed E-state index contributed by atoms with van der Waals surface area (Å²) >= 11 is 0. The number of allylic oxidation sites excluding steroid dienone is 1. The number of hydrogen-bond donors (Lipinski definition) is 1. The zero-order valence-corrected chi connectivity index (χ0v) is 8.68. The first-order valence-electron chi connectivity index (χ1n) is 5.14. The fourth-order valence-corrected chi connectivity index (χ4v) is 1.89. The van der Waals surface area contributed by atoms with E-state index in [4.69, 9.17) is 5.11 Å². The second-order valence-corrected chi connectivity index (χ2v) is 4.09. The highest BCUT2D eigenvalue weighted by atomic mass is 16.4. The Bertz CT molecular complexity index is 392. The summed E-state index contributed by atoms with van der Waals surface area (Å²) in [6, 6.07) is 10.0. The largest absolute Gasteiger partial charge is 0.481 e. The lowest BCUT2D eigenvalue weighted by Crippen LogP contribution is -1.99. The molecule has 2 atom stereocenters. The molecule has 0 radical (unpaired) electrons. The van der Waals surface area contributed by atoms with E-state index in [1.54, 1.807) is 0 Å². The molecule has 2 unspecified atom stereocenters. The maximum absolute atomic E-state index is 10.7. The molecule has 0 spiro atoms. The molecule has 1 aliphatic carbocycles. The Balaban J connectivity index is 2.07. The Kier molecular flexibility index (Phi) is 2.58. The van der Waals surface area contributed by atoms with Gasteiger partial charge in [-0.05, 0) is 24.8 Å². The van der Waals surface area contributed by atoms with E-state index < -0.39 is 5.97 Å². The van der Waals surface area contributed by atoms with Gasteiger partial charge in [0, 0.05) is 0 Å². The van der Waals surface area contributed by atoms with E-state index in [9.17, 15) is 4.79 Å². The average Bonchev–Trinajstić information content (AvgIpc) is 2.98. The fraction of sp³-hybridized carbons (Fsp3) is 0.308. The lowest BCUT2D eigenvalue weighted by atomic mass is 10.1. The molecule has 1 aliphatic rings. The summed E-state index contributed by atoms with van der Waals surface area (Å²) in [5.74, 6) is -0.562. The molecule has 0 saturated heterocycles. The van der Waals surface area contributed by atoms with Gasteiger partial charge in [0.2, 0.25) is 0 Å². The number of carboxylic acids is 1. The summed E-state index contributed by atoms with van der Waals surface area (Å²) in [5.41, 5.74) is 2.32. The Labute approximate surface area is 89.2 Å². The van der Waals surface area contributed by atoms with Crippen LogP contribution in [0, 0.1) is 11.8 Å². The van der Waals surface area contributed by atoms with E-state index in [0.717, 1.165) is 12.0 Å². The minimum atomic E-state index is -0.666. The minimum absolute atomic E-state index is 0.148. The highest BCUT2D eigenvalue weighted by Crippen LogP contribution is 2.44. The van der Waals surface area contributed by atoms with Gasteiger partial charge in [-0.2, -0.15) is 0 Å². The number of benzene rings is 1. The Morgan fingerprint density at radius 1 is 1.33 bits per heavy atom. The molecule has 1 aromatic carbocycles. The van der Waals surface area contributed by atoms with E-state index in [-0.39, 0.29) is 11.8 Å². The van der Waals surface area contributed by atoms with E-state index in [2.05, 4.69) is 6.08 Å². The van der Waals surface area contributed by atoms with Gasteiger partial charge in [-0.25, -0.2) is 0 Å². The van der Waals surface area contributed by atoms with Crippen LogP contribution in [-0.2, 0) is 4.79 Å². The molecule has 2 rings (SSSR count). The van der Waals surface area contributed by atoms with Crippen molar-refractivity contribution in [1.82, 2.24) is 0 Å². The van der Waals surface area contributed by atoms with Gasteiger partial charge in [-0.1, -0.05) is 42.0 Å². The van der Waals surface area contributed by atoms with E-state index in [0.29, 0.717) is 0 Å². The SMILES string of the molecule is C/C(=C\c1ccccc1)C1CC1C(=O)O. The summed E-state index contributed by atoms with van der Waals surface area (Å²) in [7, 11) is 0. The Morgan fingerprint density at radius 2 is 2.00 bits per heavy atom. The van der Waals surface area contributed by atoms with E-state index in [1.165, 1.54) is 5.57 Å². The van der Waals surface area contributed by atoms with Crippen molar-refractivity contribution < 1.29 is 9.90 Å².